The molecule has 0 radical (unpaired) electrons. The average molecular weight is 413 g/mol. The molecule has 2 atom stereocenters. The van der Waals surface area contributed by atoms with E-state index < -0.39 is 0 Å². The molecule has 2 N–H and O–H groups in total. The van der Waals surface area contributed by atoms with Crippen molar-refractivity contribution >= 4 is 11.8 Å². The van der Waals surface area contributed by atoms with E-state index >= 15 is 0 Å². The first-order chi connectivity index (χ1) is 14.5. The third kappa shape index (κ3) is 5.51. The molecule has 2 amide bonds. The molecular weight excluding hydrogens is 382 g/mol. The largest absolute Gasteiger partial charge is 0.486 e. The Labute approximate surface area is 177 Å². The smallest absolute Gasteiger partial charge is 0.277 e. The number of carbonyl (C=O) groups is 2. The van der Waals surface area contributed by atoms with Crippen LogP contribution in [0.3, 0.4) is 0 Å². The molecule has 0 aromatic heterocycles. The van der Waals surface area contributed by atoms with Gasteiger partial charge >= 0.3 is 0 Å². The summed E-state index contributed by atoms with van der Waals surface area (Å²) in [5, 5.41) is 2.61. The molecule has 0 bridgehead atoms. The van der Waals surface area contributed by atoms with E-state index in [4.69, 9.17) is 9.47 Å². The molecule has 160 valence electrons. The quantitative estimate of drug-likeness (QED) is 0.671. The van der Waals surface area contributed by atoms with E-state index in [1.165, 1.54) is 0 Å². The lowest BCUT2D eigenvalue weighted by atomic mass is 10.1. The molecule has 1 aliphatic heterocycles. The van der Waals surface area contributed by atoms with Crippen LogP contribution in [0.2, 0.25) is 0 Å². The minimum absolute atomic E-state index is 0.0828. The monoisotopic (exact) mass is 412 g/mol. The van der Waals surface area contributed by atoms with Crippen LogP contribution in [0.15, 0.2) is 48.5 Å². The highest BCUT2D eigenvalue weighted by atomic mass is 16.6. The zero-order valence-electron chi connectivity index (χ0n) is 17.8. The maximum absolute atomic E-state index is 12.8. The number of carbonyl (C=O) groups excluding carboxylic acids is 2. The van der Waals surface area contributed by atoms with Crippen molar-refractivity contribution in [1.82, 2.24) is 10.2 Å². The van der Waals surface area contributed by atoms with Crippen LogP contribution in [0, 0.1) is 0 Å². The second kappa shape index (κ2) is 10.1. The van der Waals surface area contributed by atoms with Crippen molar-refractivity contribution in [3.63, 3.8) is 0 Å². The maximum atomic E-state index is 12.8. The van der Waals surface area contributed by atoms with Crippen molar-refractivity contribution < 1.29 is 24.0 Å². The molecular formula is C23H30N3O4+. The van der Waals surface area contributed by atoms with E-state index in [2.05, 4.69) is 5.32 Å². The number of ether oxygens (including phenoxy) is 2. The third-order valence-corrected chi connectivity index (χ3v) is 5.13. The summed E-state index contributed by atoms with van der Waals surface area (Å²) >= 11 is 0. The fourth-order valence-electron chi connectivity index (χ4n) is 3.51. The molecule has 7 heteroatoms. The fourth-order valence-corrected chi connectivity index (χ4v) is 3.51. The lowest BCUT2D eigenvalue weighted by molar-refractivity contribution is -0.885. The van der Waals surface area contributed by atoms with Gasteiger partial charge in [-0.3, -0.25) is 9.59 Å². The third-order valence-electron chi connectivity index (χ3n) is 5.13. The maximum Gasteiger partial charge on any atom is 0.277 e. The van der Waals surface area contributed by atoms with Gasteiger partial charge in [0.1, 0.15) is 13.2 Å². The van der Waals surface area contributed by atoms with Gasteiger partial charge in [0.15, 0.2) is 24.1 Å². The summed E-state index contributed by atoms with van der Waals surface area (Å²) in [7, 11) is 3.61. The van der Waals surface area contributed by atoms with E-state index in [1.807, 2.05) is 55.3 Å². The Morgan fingerprint density at radius 1 is 1.13 bits per heavy atom. The van der Waals surface area contributed by atoms with E-state index in [0.717, 1.165) is 22.0 Å². The number of amides is 2. The Kier molecular flexibility index (Phi) is 7.30. The van der Waals surface area contributed by atoms with Crippen LogP contribution in [0.1, 0.15) is 22.8 Å². The number of hydrogen-bond acceptors (Lipinski definition) is 4. The number of para-hydroxylation sites is 2. The lowest BCUT2D eigenvalue weighted by Crippen LogP contribution is -3.08. The Balaban J connectivity index is 1.51. The van der Waals surface area contributed by atoms with Gasteiger partial charge in [-0.2, -0.15) is 0 Å². The molecule has 2 aromatic carbocycles. The summed E-state index contributed by atoms with van der Waals surface area (Å²) < 4.78 is 11.8. The van der Waals surface area contributed by atoms with E-state index in [0.29, 0.717) is 38.3 Å². The van der Waals surface area contributed by atoms with Gasteiger partial charge in [-0.05, 0) is 31.2 Å². The van der Waals surface area contributed by atoms with Crippen LogP contribution in [0.5, 0.6) is 11.5 Å². The molecule has 3 rings (SSSR count). The van der Waals surface area contributed by atoms with Crippen LogP contribution in [-0.4, -0.2) is 63.2 Å². The number of hydrogen-bond donors (Lipinski definition) is 2. The number of fused-ring (bicyclic) bond motifs is 1. The minimum atomic E-state index is -0.179. The second-order valence-corrected chi connectivity index (χ2v) is 7.52. The second-order valence-electron chi connectivity index (χ2n) is 7.52. The van der Waals surface area contributed by atoms with E-state index in [1.54, 1.807) is 19.2 Å². The molecule has 1 unspecified atom stereocenters. The molecule has 0 saturated carbocycles. The summed E-state index contributed by atoms with van der Waals surface area (Å²) in [6.45, 7) is 4.61. The average Bonchev–Trinajstić information content (AvgIpc) is 2.77. The van der Waals surface area contributed by atoms with Gasteiger partial charge in [0.25, 0.3) is 11.8 Å². The van der Waals surface area contributed by atoms with Crippen LogP contribution < -0.4 is 19.7 Å². The van der Waals surface area contributed by atoms with Crippen LogP contribution >= 0.6 is 0 Å². The summed E-state index contributed by atoms with van der Waals surface area (Å²) in [4.78, 5) is 27.4. The van der Waals surface area contributed by atoms with Gasteiger partial charge < -0.3 is 24.6 Å². The Morgan fingerprint density at radius 2 is 1.83 bits per heavy atom. The van der Waals surface area contributed by atoms with Crippen molar-refractivity contribution in [3.05, 3.63) is 59.7 Å². The zero-order chi connectivity index (χ0) is 21.5. The van der Waals surface area contributed by atoms with Gasteiger partial charge in [-0.1, -0.05) is 24.3 Å². The lowest BCUT2D eigenvalue weighted by Gasteiger charge is -2.31. The molecule has 7 nitrogen and oxygen atoms in total. The Hall–Kier alpha value is -3.06. The van der Waals surface area contributed by atoms with Crippen LogP contribution in [-0.2, 0) is 11.3 Å². The van der Waals surface area contributed by atoms with Crippen molar-refractivity contribution in [1.29, 1.82) is 0 Å². The predicted molar refractivity (Wildman–Crippen MR) is 114 cm³/mol. The highest BCUT2D eigenvalue weighted by Crippen LogP contribution is 2.30. The van der Waals surface area contributed by atoms with Gasteiger partial charge in [0.2, 0.25) is 0 Å². The first kappa shape index (κ1) is 21.6. The summed E-state index contributed by atoms with van der Waals surface area (Å²) in [6, 6.07) is 15.1. The summed E-state index contributed by atoms with van der Waals surface area (Å²) in [6.07, 6.45) is -0.179. The molecule has 0 fully saturated rings. The van der Waals surface area contributed by atoms with Crippen LogP contribution in [0.25, 0.3) is 0 Å². The number of nitrogens with zero attached hydrogens (tertiary/aromatic N) is 1. The normalized spacial score (nSPS) is 15.9. The first-order valence-corrected chi connectivity index (χ1v) is 10.3. The predicted octanol–water partition coefficient (Wildman–Crippen LogP) is 0.749. The van der Waals surface area contributed by atoms with Gasteiger partial charge in [-0.15, -0.1) is 0 Å². The van der Waals surface area contributed by atoms with Crippen LogP contribution in [0.4, 0.5) is 0 Å². The standard InChI is InChI=1S/C23H29N3O4/c1-4-26(14-19-16-29-20-7-5-6-8-21(20)30-19)22(27)15-25(3)13-17-9-11-18(12-10-17)23(28)24-2/h5-12,19H,4,13-16H2,1-3H3,(H,24,28)/p+1/t19-/m0/s1. The zero-order valence-corrected chi connectivity index (χ0v) is 17.8. The van der Waals surface area contributed by atoms with Gasteiger partial charge in [0.05, 0.1) is 13.6 Å². The number of nitrogens with one attached hydrogen (secondary N) is 2. The SMILES string of the molecule is CCN(C[C@H]1COc2ccccc2O1)C(=O)C[NH+](C)Cc1ccc(C(=O)NC)cc1. The molecule has 0 saturated heterocycles. The minimum Gasteiger partial charge on any atom is -0.486 e. The van der Waals surface area contributed by atoms with Crippen molar-refractivity contribution in [2.45, 2.75) is 19.6 Å². The summed E-state index contributed by atoms with van der Waals surface area (Å²) in [5.41, 5.74) is 1.71. The number of likely N-dealkylation sites (N-methyl/N-ethyl adjacent to an activating group) is 2. The number of quaternary nitrogens is 1. The molecule has 0 spiro atoms. The molecule has 2 aromatic rings. The number of rotatable bonds is 8. The number of benzene rings is 2. The van der Waals surface area contributed by atoms with E-state index in [-0.39, 0.29) is 17.9 Å². The van der Waals surface area contributed by atoms with Gasteiger partial charge in [0, 0.05) is 24.7 Å². The van der Waals surface area contributed by atoms with Crippen molar-refractivity contribution in [2.75, 3.05) is 40.3 Å². The highest BCUT2D eigenvalue weighted by Gasteiger charge is 2.26. The molecule has 30 heavy (non-hydrogen) atoms. The summed E-state index contributed by atoms with van der Waals surface area (Å²) in [5.74, 6) is 1.45. The van der Waals surface area contributed by atoms with E-state index in [9.17, 15) is 9.59 Å². The van der Waals surface area contributed by atoms with Crippen molar-refractivity contribution in [3.8, 4) is 11.5 Å². The fraction of sp³-hybridized carbons (Fsp3) is 0.391. The van der Waals surface area contributed by atoms with Crippen molar-refractivity contribution in [2.24, 2.45) is 0 Å². The Morgan fingerprint density at radius 3 is 2.50 bits per heavy atom. The molecule has 1 heterocycles. The highest BCUT2D eigenvalue weighted by molar-refractivity contribution is 5.93. The first-order valence-electron chi connectivity index (χ1n) is 10.3. The van der Waals surface area contributed by atoms with Gasteiger partial charge in [-0.25, -0.2) is 0 Å². The molecule has 0 aliphatic carbocycles. The molecule has 1 aliphatic rings. The topological polar surface area (TPSA) is 72.3 Å². The Bertz CT molecular complexity index is 869.